The average molecular weight is 386 g/mol. The van der Waals surface area contributed by atoms with Crippen molar-refractivity contribution in [1.82, 2.24) is 15.0 Å². The summed E-state index contributed by atoms with van der Waals surface area (Å²) < 4.78 is 0. The molecule has 1 aliphatic heterocycles. The van der Waals surface area contributed by atoms with Gasteiger partial charge in [-0.3, -0.25) is 9.78 Å². The molecule has 1 aromatic carbocycles. The van der Waals surface area contributed by atoms with Gasteiger partial charge in [0.1, 0.15) is 11.5 Å². The maximum atomic E-state index is 12.8. The number of Topliss-reactive ketones (excluding diaryl/α,β-unsaturated/α-hetero) is 1. The molecule has 2 aromatic heterocycles. The van der Waals surface area contributed by atoms with Crippen molar-refractivity contribution in [3.63, 3.8) is 0 Å². The van der Waals surface area contributed by atoms with Crippen LogP contribution in [0.5, 0.6) is 0 Å². The van der Waals surface area contributed by atoms with Crippen LogP contribution in [0.25, 0.3) is 11.5 Å². The first-order valence-electron chi connectivity index (χ1n) is 10.3. The van der Waals surface area contributed by atoms with E-state index in [0.29, 0.717) is 5.82 Å². The van der Waals surface area contributed by atoms with Crippen molar-refractivity contribution < 1.29 is 4.79 Å². The Hall–Kier alpha value is -3.08. The van der Waals surface area contributed by atoms with Gasteiger partial charge in [0.05, 0.1) is 0 Å². The summed E-state index contributed by atoms with van der Waals surface area (Å²) in [6.07, 6.45) is 4.30. The number of hydrogen-bond donors (Lipinski definition) is 0. The molecule has 0 atom stereocenters. The summed E-state index contributed by atoms with van der Waals surface area (Å²) in [6, 6.07) is 15.8. The van der Waals surface area contributed by atoms with Gasteiger partial charge in [-0.05, 0) is 38.3 Å². The molecule has 1 fully saturated rings. The van der Waals surface area contributed by atoms with Crippen LogP contribution in [0, 0.1) is 12.8 Å². The number of aromatic nitrogens is 3. The Morgan fingerprint density at radius 2 is 1.83 bits per heavy atom. The number of anilines is 1. The predicted molar refractivity (Wildman–Crippen MR) is 115 cm³/mol. The number of carbonyl (C=O) groups excluding carboxylic acids is 1. The molecule has 1 saturated heterocycles. The molecule has 5 nitrogen and oxygen atoms in total. The highest BCUT2D eigenvalue weighted by Crippen LogP contribution is 2.26. The molecule has 0 spiro atoms. The molecule has 1 aliphatic rings. The van der Waals surface area contributed by atoms with E-state index in [-0.39, 0.29) is 11.7 Å². The lowest BCUT2D eigenvalue weighted by molar-refractivity contribution is 0.0900. The third-order valence-corrected chi connectivity index (χ3v) is 5.55. The first-order valence-corrected chi connectivity index (χ1v) is 10.3. The monoisotopic (exact) mass is 386 g/mol. The van der Waals surface area contributed by atoms with Crippen LogP contribution >= 0.6 is 0 Å². The molecule has 0 bridgehead atoms. The van der Waals surface area contributed by atoms with Crippen LogP contribution in [-0.4, -0.2) is 33.8 Å². The molecule has 0 saturated carbocycles. The Morgan fingerprint density at radius 1 is 1.07 bits per heavy atom. The summed E-state index contributed by atoms with van der Waals surface area (Å²) in [5.74, 6) is 1.93. The van der Waals surface area contributed by atoms with Crippen molar-refractivity contribution in [2.75, 3.05) is 18.0 Å². The second-order valence-corrected chi connectivity index (χ2v) is 7.60. The largest absolute Gasteiger partial charge is 0.356 e. The van der Waals surface area contributed by atoms with Gasteiger partial charge < -0.3 is 4.90 Å². The zero-order chi connectivity index (χ0) is 20.2. The minimum atomic E-state index is 0.0803. The average Bonchev–Trinajstić information content (AvgIpc) is 2.79. The van der Waals surface area contributed by atoms with Gasteiger partial charge in [0.25, 0.3) is 0 Å². The van der Waals surface area contributed by atoms with E-state index >= 15 is 0 Å². The van der Waals surface area contributed by atoms with Crippen LogP contribution in [0.2, 0.25) is 0 Å². The van der Waals surface area contributed by atoms with E-state index in [2.05, 4.69) is 27.9 Å². The highest BCUT2D eigenvalue weighted by atomic mass is 16.1. The molecule has 3 heterocycles. The van der Waals surface area contributed by atoms with Crippen molar-refractivity contribution in [3.05, 3.63) is 71.5 Å². The Bertz CT molecular complexity index is 978. The smallest absolute Gasteiger partial charge is 0.180 e. The first kappa shape index (κ1) is 19.2. The van der Waals surface area contributed by atoms with Crippen LogP contribution in [-0.2, 0) is 6.42 Å². The minimum Gasteiger partial charge on any atom is -0.356 e. The van der Waals surface area contributed by atoms with E-state index in [4.69, 9.17) is 4.98 Å². The van der Waals surface area contributed by atoms with Gasteiger partial charge in [0.2, 0.25) is 0 Å². The molecule has 5 heteroatoms. The van der Waals surface area contributed by atoms with Crippen molar-refractivity contribution in [2.45, 2.75) is 33.1 Å². The number of ketones is 1. The summed E-state index contributed by atoms with van der Waals surface area (Å²) in [6.45, 7) is 5.78. The van der Waals surface area contributed by atoms with Gasteiger partial charge in [-0.15, -0.1) is 0 Å². The van der Waals surface area contributed by atoms with E-state index in [1.165, 1.54) is 5.56 Å². The molecule has 4 rings (SSSR count). The summed E-state index contributed by atoms with van der Waals surface area (Å²) in [5.41, 5.74) is 3.79. The lowest BCUT2D eigenvalue weighted by Gasteiger charge is -2.32. The highest BCUT2D eigenvalue weighted by molar-refractivity contribution is 5.98. The third kappa shape index (κ3) is 4.34. The lowest BCUT2D eigenvalue weighted by atomic mass is 9.88. The van der Waals surface area contributed by atoms with Gasteiger partial charge in [-0.2, -0.15) is 0 Å². The number of pyridine rings is 1. The predicted octanol–water partition coefficient (Wildman–Crippen LogP) is 4.51. The number of piperidine rings is 1. The zero-order valence-corrected chi connectivity index (χ0v) is 17.0. The van der Waals surface area contributed by atoms with E-state index < -0.39 is 0 Å². The number of aryl methyl sites for hydroxylation is 2. The molecule has 0 aliphatic carbocycles. The Balaban J connectivity index is 1.49. The summed E-state index contributed by atoms with van der Waals surface area (Å²) in [7, 11) is 0. The second-order valence-electron chi connectivity index (χ2n) is 7.60. The fourth-order valence-corrected chi connectivity index (χ4v) is 3.76. The van der Waals surface area contributed by atoms with Gasteiger partial charge in [0.15, 0.2) is 11.6 Å². The van der Waals surface area contributed by atoms with E-state index in [9.17, 15) is 4.79 Å². The molecule has 3 aromatic rings. The second kappa shape index (κ2) is 8.52. The zero-order valence-electron chi connectivity index (χ0n) is 17.0. The summed E-state index contributed by atoms with van der Waals surface area (Å²) >= 11 is 0. The molecule has 29 heavy (non-hydrogen) atoms. The van der Waals surface area contributed by atoms with E-state index in [0.717, 1.165) is 55.1 Å². The number of carbonyl (C=O) groups is 1. The van der Waals surface area contributed by atoms with Crippen LogP contribution in [0.1, 0.15) is 41.4 Å². The molecular formula is C24H26N4O. The van der Waals surface area contributed by atoms with E-state index in [1.54, 1.807) is 6.20 Å². The van der Waals surface area contributed by atoms with Crippen molar-refractivity contribution >= 4 is 11.6 Å². The van der Waals surface area contributed by atoms with E-state index in [1.807, 2.05) is 49.4 Å². The standard InChI is InChI=1S/C24H26N4O/c1-3-20-16-22(27-24(26-20)21-6-4-5-13-25-21)28-14-11-19(12-15-28)23(29)18-9-7-17(2)8-10-18/h4-10,13,16,19H,3,11-12,14-15H2,1-2H3. The van der Waals surface area contributed by atoms with Crippen LogP contribution < -0.4 is 4.90 Å². The van der Waals surface area contributed by atoms with Gasteiger partial charge >= 0.3 is 0 Å². The van der Waals surface area contributed by atoms with Crippen LogP contribution in [0.3, 0.4) is 0 Å². The van der Waals surface area contributed by atoms with Crippen LogP contribution in [0.4, 0.5) is 5.82 Å². The molecular weight excluding hydrogens is 360 g/mol. The molecule has 0 radical (unpaired) electrons. The SMILES string of the molecule is CCc1cc(N2CCC(C(=O)c3ccc(C)cc3)CC2)nc(-c2ccccn2)n1. The maximum Gasteiger partial charge on any atom is 0.180 e. The van der Waals surface area contributed by atoms with Crippen LogP contribution in [0.15, 0.2) is 54.7 Å². The van der Waals surface area contributed by atoms with Crippen molar-refractivity contribution in [3.8, 4) is 11.5 Å². The van der Waals surface area contributed by atoms with Crippen molar-refractivity contribution in [1.29, 1.82) is 0 Å². The molecule has 0 N–H and O–H groups in total. The van der Waals surface area contributed by atoms with Gasteiger partial charge in [-0.25, -0.2) is 9.97 Å². The Morgan fingerprint density at radius 3 is 2.48 bits per heavy atom. The minimum absolute atomic E-state index is 0.0803. The third-order valence-electron chi connectivity index (χ3n) is 5.55. The fourth-order valence-electron chi connectivity index (χ4n) is 3.76. The molecule has 0 unspecified atom stereocenters. The summed E-state index contributed by atoms with van der Waals surface area (Å²) in [4.78, 5) is 28.9. The fraction of sp³-hybridized carbons (Fsp3) is 0.333. The highest BCUT2D eigenvalue weighted by Gasteiger charge is 2.27. The van der Waals surface area contributed by atoms with Gasteiger partial charge in [0, 0.05) is 42.5 Å². The van der Waals surface area contributed by atoms with Crippen molar-refractivity contribution in [2.24, 2.45) is 5.92 Å². The topological polar surface area (TPSA) is 59.0 Å². The number of hydrogen-bond acceptors (Lipinski definition) is 5. The number of rotatable bonds is 5. The molecule has 0 amide bonds. The molecule has 148 valence electrons. The normalized spacial score (nSPS) is 14.8. The quantitative estimate of drug-likeness (QED) is 0.604. The lowest BCUT2D eigenvalue weighted by Crippen LogP contribution is -2.37. The Kier molecular flexibility index (Phi) is 5.65. The Labute approximate surface area is 171 Å². The van der Waals surface area contributed by atoms with Gasteiger partial charge in [-0.1, -0.05) is 42.8 Å². The number of benzene rings is 1. The first-order chi connectivity index (χ1) is 14.1. The summed E-state index contributed by atoms with van der Waals surface area (Å²) in [5, 5.41) is 0. The number of nitrogens with zero attached hydrogens (tertiary/aromatic N) is 4. The maximum absolute atomic E-state index is 12.8.